The largest absolute Gasteiger partial charge is 0.348 e. The molecule has 0 atom stereocenters. The van der Waals surface area contributed by atoms with Crippen molar-refractivity contribution in [3.8, 4) is 11.3 Å². The van der Waals surface area contributed by atoms with Gasteiger partial charge in [-0.05, 0) is 30.7 Å². The van der Waals surface area contributed by atoms with Crippen LogP contribution >= 0.6 is 11.6 Å². The minimum Gasteiger partial charge on any atom is -0.292 e. The third-order valence-electron chi connectivity index (χ3n) is 3.29. The average Bonchev–Trinajstić information content (AvgIpc) is 2.47. The summed E-state index contributed by atoms with van der Waals surface area (Å²) in [6, 6.07) is 15.2. The van der Waals surface area contributed by atoms with Gasteiger partial charge in [-0.25, -0.2) is 4.79 Å². The molecular weight excluding hydrogens is 272 g/mol. The lowest BCUT2D eigenvalue weighted by Crippen LogP contribution is -2.24. The molecule has 4 heteroatoms. The van der Waals surface area contributed by atoms with Gasteiger partial charge in [-0.2, -0.15) is 4.98 Å². The minimum atomic E-state index is -0.235. The zero-order chi connectivity index (χ0) is 14.1. The number of hydrogen-bond acceptors (Lipinski definition) is 2. The number of aromatic nitrogens is 2. The van der Waals surface area contributed by atoms with Crippen molar-refractivity contribution in [3.05, 3.63) is 64.0 Å². The SMILES string of the molecule is CCn1c(-c2ccccc2)c2cc(Cl)ccc2nc1=O. The van der Waals surface area contributed by atoms with Crippen LogP contribution in [0.1, 0.15) is 6.92 Å². The molecule has 0 N–H and O–H groups in total. The molecule has 0 aliphatic heterocycles. The summed E-state index contributed by atoms with van der Waals surface area (Å²) in [5.41, 5.74) is 2.29. The molecule has 0 bridgehead atoms. The Kier molecular flexibility index (Phi) is 3.28. The summed E-state index contributed by atoms with van der Waals surface area (Å²) in [5.74, 6) is 0. The Bertz CT molecular complexity index is 825. The Hall–Kier alpha value is -2.13. The summed E-state index contributed by atoms with van der Waals surface area (Å²) in [7, 11) is 0. The fraction of sp³-hybridized carbons (Fsp3) is 0.125. The fourth-order valence-electron chi connectivity index (χ4n) is 2.40. The van der Waals surface area contributed by atoms with Gasteiger partial charge in [0.15, 0.2) is 0 Å². The first-order valence-electron chi connectivity index (χ1n) is 6.46. The zero-order valence-electron chi connectivity index (χ0n) is 11.0. The lowest BCUT2D eigenvalue weighted by atomic mass is 10.1. The van der Waals surface area contributed by atoms with E-state index >= 15 is 0 Å². The molecular formula is C16H13ClN2O. The van der Waals surface area contributed by atoms with Gasteiger partial charge < -0.3 is 0 Å². The second-order valence-corrected chi connectivity index (χ2v) is 4.95. The monoisotopic (exact) mass is 284 g/mol. The minimum absolute atomic E-state index is 0.235. The molecule has 1 aromatic heterocycles. The van der Waals surface area contributed by atoms with Crippen molar-refractivity contribution in [1.82, 2.24) is 9.55 Å². The third-order valence-corrected chi connectivity index (χ3v) is 3.53. The Morgan fingerprint density at radius 3 is 2.60 bits per heavy atom. The average molecular weight is 285 g/mol. The van der Waals surface area contributed by atoms with Crippen molar-refractivity contribution in [2.75, 3.05) is 0 Å². The second-order valence-electron chi connectivity index (χ2n) is 4.51. The van der Waals surface area contributed by atoms with E-state index in [9.17, 15) is 4.79 Å². The molecule has 0 fully saturated rings. The highest BCUT2D eigenvalue weighted by Gasteiger charge is 2.12. The standard InChI is InChI=1S/C16H13ClN2O/c1-2-19-15(11-6-4-3-5-7-11)13-10-12(17)8-9-14(13)18-16(19)20/h3-10H,2H2,1H3. The van der Waals surface area contributed by atoms with Gasteiger partial charge in [-0.15, -0.1) is 0 Å². The van der Waals surface area contributed by atoms with Gasteiger partial charge in [0.05, 0.1) is 11.2 Å². The number of nitrogens with zero attached hydrogens (tertiary/aromatic N) is 2. The highest BCUT2D eigenvalue weighted by atomic mass is 35.5. The van der Waals surface area contributed by atoms with Crippen molar-refractivity contribution in [3.63, 3.8) is 0 Å². The summed E-state index contributed by atoms with van der Waals surface area (Å²) >= 11 is 6.10. The van der Waals surface area contributed by atoms with Crippen molar-refractivity contribution in [1.29, 1.82) is 0 Å². The molecule has 1 heterocycles. The predicted octanol–water partition coefficient (Wildman–Crippen LogP) is 3.74. The van der Waals surface area contributed by atoms with Crippen LogP contribution in [0, 0.1) is 0 Å². The number of halogens is 1. The van der Waals surface area contributed by atoms with E-state index in [4.69, 9.17) is 11.6 Å². The molecule has 3 nitrogen and oxygen atoms in total. The third kappa shape index (κ3) is 2.10. The van der Waals surface area contributed by atoms with E-state index in [-0.39, 0.29) is 5.69 Å². The van der Waals surface area contributed by atoms with E-state index in [0.29, 0.717) is 17.1 Å². The first kappa shape index (κ1) is 12.9. The van der Waals surface area contributed by atoms with Crippen LogP contribution in [0.3, 0.4) is 0 Å². The molecule has 3 aromatic rings. The molecule has 0 radical (unpaired) electrons. The molecule has 0 unspecified atom stereocenters. The van der Waals surface area contributed by atoms with Crippen molar-refractivity contribution in [2.24, 2.45) is 0 Å². The van der Waals surface area contributed by atoms with E-state index < -0.39 is 0 Å². The smallest absolute Gasteiger partial charge is 0.292 e. The van der Waals surface area contributed by atoms with E-state index in [0.717, 1.165) is 16.6 Å². The molecule has 20 heavy (non-hydrogen) atoms. The lowest BCUT2D eigenvalue weighted by Gasteiger charge is -2.13. The number of fused-ring (bicyclic) bond motifs is 1. The first-order valence-corrected chi connectivity index (χ1v) is 6.84. The van der Waals surface area contributed by atoms with E-state index in [2.05, 4.69) is 4.98 Å². The molecule has 0 amide bonds. The van der Waals surface area contributed by atoms with Gasteiger partial charge in [0.25, 0.3) is 0 Å². The summed E-state index contributed by atoms with van der Waals surface area (Å²) in [4.78, 5) is 16.3. The molecule has 0 saturated heterocycles. The molecule has 2 aromatic carbocycles. The Labute approximate surface area is 121 Å². The summed E-state index contributed by atoms with van der Waals surface area (Å²) in [6.45, 7) is 2.50. The second kappa shape index (κ2) is 5.10. The predicted molar refractivity (Wildman–Crippen MR) is 82.1 cm³/mol. The van der Waals surface area contributed by atoms with Crippen LogP contribution in [-0.2, 0) is 6.54 Å². The summed E-state index contributed by atoms with van der Waals surface area (Å²) in [6.07, 6.45) is 0. The Morgan fingerprint density at radius 2 is 1.90 bits per heavy atom. The molecule has 100 valence electrons. The maximum absolute atomic E-state index is 12.2. The van der Waals surface area contributed by atoms with Crippen LogP contribution < -0.4 is 5.69 Å². The van der Waals surface area contributed by atoms with Crippen LogP contribution in [0.15, 0.2) is 53.3 Å². The number of rotatable bonds is 2. The summed E-state index contributed by atoms with van der Waals surface area (Å²) in [5, 5.41) is 1.53. The van der Waals surface area contributed by atoms with Crippen LogP contribution in [0.2, 0.25) is 5.02 Å². The van der Waals surface area contributed by atoms with Gasteiger partial charge in [-0.3, -0.25) is 4.57 Å². The fourth-order valence-corrected chi connectivity index (χ4v) is 2.57. The lowest BCUT2D eigenvalue weighted by molar-refractivity contribution is 0.717. The van der Waals surface area contributed by atoms with E-state index in [1.165, 1.54) is 0 Å². The molecule has 3 rings (SSSR count). The maximum Gasteiger partial charge on any atom is 0.348 e. The Balaban J connectivity index is 2.48. The van der Waals surface area contributed by atoms with Crippen LogP contribution in [0.5, 0.6) is 0 Å². The van der Waals surface area contributed by atoms with Crippen LogP contribution in [0.4, 0.5) is 0 Å². The van der Waals surface area contributed by atoms with E-state index in [1.54, 1.807) is 16.7 Å². The van der Waals surface area contributed by atoms with E-state index in [1.807, 2.05) is 43.3 Å². The molecule has 0 aliphatic carbocycles. The van der Waals surface area contributed by atoms with Crippen molar-refractivity contribution >= 4 is 22.5 Å². The maximum atomic E-state index is 12.2. The molecule has 0 spiro atoms. The number of benzene rings is 2. The first-order chi connectivity index (χ1) is 9.70. The highest BCUT2D eigenvalue weighted by molar-refractivity contribution is 6.31. The van der Waals surface area contributed by atoms with Crippen LogP contribution in [0.25, 0.3) is 22.2 Å². The zero-order valence-corrected chi connectivity index (χ0v) is 11.8. The number of hydrogen-bond donors (Lipinski definition) is 0. The molecule has 0 saturated carbocycles. The molecule has 0 aliphatic rings. The Morgan fingerprint density at radius 1 is 1.15 bits per heavy atom. The van der Waals surface area contributed by atoms with Gasteiger partial charge in [0, 0.05) is 17.0 Å². The normalized spacial score (nSPS) is 10.9. The quantitative estimate of drug-likeness (QED) is 0.718. The van der Waals surface area contributed by atoms with Gasteiger partial charge >= 0.3 is 5.69 Å². The van der Waals surface area contributed by atoms with Crippen molar-refractivity contribution < 1.29 is 0 Å². The van der Waals surface area contributed by atoms with Gasteiger partial charge in [-0.1, -0.05) is 41.9 Å². The highest BCUT2D eigenvalue weighted by Crippen LogP contribution is 2.28. The van der Waals surface area contributed by atoms with Gasteiger partial charge in [0.1, 0.15) is 0 Å². The van der Waals surface area contributed by atoms with Gasteiger partial charge in [0.2, 0.25) is 0 Å². The summed E-state index contributed by atoms with van der Waals surface area (Å²) < 4.78 is 1.67. The van der Waals surface area contributed by atoms with Crippen molar-refractivity contribution in [2.45, 2.75) is 13.5 Å². The van der Waals surface area contributed by atoms with Crippen LogP contribution in [-0.4, -0.2) is 9.55 Å². The topological polar surface area (TPSA) is 34.9 Å².